The van der Waals surface area contributed by atoms with Gasteiger partial charge in [-0.15, -0.1) is 0 Å². The van der Waals surface area contributed by atoms with Gasteiger partial charge in [-0.1, -0.05) is 26.0 Å². The molecular weight excluding hydrogens is 404 g/mol. The van der Waals surface area contributed by atoms with Gasteiger partial charge in [0.1, 0.15) is 17.7 Å². The first-order valence-corrected chi connectivity index (χ1v) is 10.2. The molecule has 0 aliphatic carbocycles. The molecule has 0 bridgehead atoms. The molecule has 2 amide bonds. The van der Waals surface area contributed by atoms with E-state index >= 15 is 0 Å². The molecule has 3 rings (SSSR count). The van der Waals surface area contributed by atoms with Gasteiger partial charge in [-0.05, 0) is 41.7 Å². The van der Waals surface area contributed by atoms with Gasteiger partial charge < -0.3 is 15.7 Å². The zero-order valence-electron chi connectivity index (χ0n) is 17.7. The summed E-state index contributed by atoms with van der Waals surface area (Å²) >= 11 is 0. The van der Waals surface area contributed by atoms with Crippen LogP contribution >= 0.6 is 0 Å². The molecule has 0 radical (unpaired) electrons. The lowest BCUT2D eigenvalue weighted by molar-refractivity contribution is -0.121. The first kappa shape index (κ1) is 22.8. The van der Waals surface area contributed by atoms with Crippen molar-refractivity contribution in [3.63, 3.8) is 0 Å². The SMILES string of the molecule is CC(=O)NC(Cc1cc(F)cc(F)c1)C(O)CNC1C(=O)Nc2ccc(C(C)C)cc21. The molecule has 3 atom stereocenters. The van der Waals surface area contributed by atoms with E-state index in [4.69, 9.17) is 0 Å². The third kappa shape index (κ3) is 5.65. The fraction of sp³-hybridized carbons (Fsp3) is 0.391. The predicted molar refractivity (Wildman–Crippen MR) is 114 cm³/mol. The lowest BCUT2D eigenvalue weighted by Crippen LogP contribution is -2.49. The third-order valence-corrected chi connectivity index (χ3v) is 5.34. The van der Waals surface area contributed by atoms with Crippen molar-refractivity contribution in [2.75, 3.05) is 11.9 Å². The van der Waals surface area contributed by atoms with Crippen LogP contribution in [0.2, 0.25) is 0 Å². The Morgan fingerprint density at radius 3 is 2.45 bits per heavy atom. The summed E-state index contributed by atoms with van der Waals surface area (Å²) < 4.78 is 27.0. The molecule has 2 aromatic carbocycles. The minimum absolute atomic E-state index is 0.00776. The van der Waals surface area contributed by atoms with Crippen molar-refractivity contribution >= 4 is 17.5 Å². The number of rotatable bonds is 8. The second-order valence-corrected chi connectivity index (χ2v) is 8.19. The maximum Gasteiger partial charge on any atom is 0.246 e. The van der Waals surface area contributed by atoms with Crippen molar-refractivity contribution in [1.29, 1.82) is 0 Å². The number of fused-ring (bicyclic) bond motifs is 1. The minimum atomic E-state index is -1.10. The molecule has 166 valence electrons. The number of carbonyl (C=O) groups excluding carboxylic acids is 2. The number of hydrogen-bond acceptors (Lipinski definition) is 4. The Balaban J connectivity index is 1.72. The Morgan fingerprint density at radius 1 is 1.16 bits per heavy atom. The molecule has 6 nitrogen and oxygen atoms in total. The molecule has 1 aliphatic rings. The second kappa shape index (κ2) is 9.53. The molecule has 0 saturated heterocycles. The molecule has 1 aliphatic heterocycles. The first-order chi connectivity index (χ1) is 14.6. The van der Waals surface area contributed by atoms with Crippen LogP contribution in [0.5, 0.6) is 0 Å². The molecule has 0 saturated carbocycles. The van der Waals surface area contributed by atoms with Gasteiger partial charge in [0.2, 0.25) is 11.8 Å². The summed E-state index contributed by atoms with van der Waals surface area (Å²) in [5, 5.41) is 19.2. The largest absolute Gasteiger partial charge is 0.390 e. The van der Waals surface area contributed by atoms with Crippen LogP contribution in [0.3, 0.4) is 0 Å². The van der Waals surface area contributed by atoms with Gasteiger partial charge in [0.25, 0.3) is 0 Å². The van der Waals surface area contributed by atoms with Gasteiger partial charge in [-0.2, -0.15) is 0 Å². The van der Waals surface area contributed by atoms with Gasteiger partial charge >= 0.3 is 0 Å². The molecule has 31 heavy (non-hydrogen) atoms. The molecule has 2 aromatic rings. The normalized spacial score (nSPS) is 17.3. The Labute approximate surface area is 180 Å². The molecule has 4 N–H and O–H groups in total. The van der Waals surface area contributed by atoms with E-state index in [1.807, 2.05) is 18.2 Å². The van der Waals surface area contributed by atoms with E-state index in [0.29, 0.717) is 11.5 Å². The summed E-state index contributed by atoms with van der Waals surface area (Å²) in [7, 11) is 0. The molecule has 3 unspecified atom stereocenters. The summed E-state index contributed by atoms with van der Waals surface area (Å²) in [4.78, 5) is 24.0. The van der Waals surface area contributed by atoms with Crippen LogP contribution in [-0.4, -0.2) is 35.6 Å². The quantitative estimate of drug-likeness (QED) is 0.517. The third-order valence-electron chi connectivity index (χ3n) is 5.34. The van der Waals surface area contributed by atoms with E-state index in [9.17, 15) is 23.5 Å². The number of aliphatic hydroxyl groups is 1. The number of hydrogen-bond donors (Lipinski definition) is 4. The van der Waals surface area contributed by atoms with Crippen molar-refractivity contribution in [3.05, 3.63) is 64.7 Å². The maximum atomic E-state index is 13.5. The van der Waals surface area contributed by atoms with Crippen molar-refractivity contribution in [3.8, 4) is 0 Å². The number of benzene rings is 2. The van der Waals surface area contributed by atoms with Crippen molar-refractivity contribution in [2.45, 2.75) is 51.3 Å². The first-order valence-electron chi connectivity index (χ1n) is 10.2. The lowest BCUT2D eigenvalue weighted by Gasteiger charge is -2.25. The van der Waals surface area contributed by atoms with E-state index in [1.165, 1.54) is 6.92 Å². The Kier molecular flexibility index (Phi) is 7.02. The van der Waals surface area contributed by atoms with Crippen LogP contribution in [0.25, 0.3) is 0 Å². The van der Waals surface area contributed by atoms with Gasteiger partial charge in [0, 0.05) is 30.8 Å². The topological polar surface area (TPSA) is 90.5 Å². The lowest BCUT2D eigenvalue weighted by atomic mass is 9.97. The van der Waals surface area contributed by atoms with Gasteiger partial charge in [0.05, 0.1) is 12.1 Å². The highest BCUT2D eigenvalue weighted by molar-refractivity contribution is 6.02. The Bertz CT molecular complexity index is 960. The minimum Gasteiger partial charge on any atom is -0.390 e. The Hall–Kier alpha value is -2.84. The average Bonchev–Trinajstić information content (AvgIpc) is 2.98. The fourth-order valence-electron chi connectivity index (χ4n) is 3.75. The van der Waals surface area contributed by atoms with Gasteiger partial charge in [-0.3, -0.25) is 14.9 Å². The molecule has 0 fully saturated rings. The van der Waals surface area contributed by atoms with Crippen LogP contribution in [0.4, 0.5) is 14.5 Å². The van der Waals surface area contributed by atoms with Crippen molar-refractivity contribution < 1.29 is 23.5 Å². The van der Waals surface area contributed by atoms with Crippen LogP contribution in [0.15, 0.2) is 36.4 Å². The second-order valence-electron chi connectivity index (χ2n) is 8.19. The number of nitrogens with one attached hydrogen (secondary N) is 3. The molecule has 0 aromatic heterocycles. The molecular formula is C23H27F2N3O3. The number of amides is 2. The maximum absolute atomic E-state index is 13.5. The monoisotopic (exact) mass is 431 g/mol. The van der Waals surface area contributed by atoms with Crippen molar-refractivity contribution in [2.24, 2.45) is 0 Å². The molecule has 8 heteroatoms. The molecule has 1 heterocycles. The fourth-order valence-corrected chi connectivity index (χ4v) is 3.75. The molecule has 0 spiro atoms. The summed E-state index contributed by atoms with van der Waals surface area (Å²) in [6.07, 6.45) is -1.07. The number of aliphatic hydroxyl groups excluding tert-OH is 1. The highest BCUT2D eigenvalue weighted by atomic mass is 19.1. The van der Waals surface area contributed by atoms with Gasteiger partial charge in [0.15, 0.2) is 0 Å². The van der Waals surface area contributed by atoms with E-state index in [-0.39, 0.29) is 24.8 Å². The summed E-state index contributed by atoms with van der Waals surface area (Å²) in [6, 6.07) is 7.42. The number of halogens is 2. The number of carbonyl (C=O) groups is 2. The standard InChI is InChI=1S/C23H27F2N3O3/c1-12(2)15-4-5-19-18(9-15)22(23(31)28-19)26-11-21(30)20(27-13(3)29)8-14-6-16(24)10-17(25)7-14/h4-7,9-10,12,20-22,26,30H,8,11H2,1-3H3,(H,27,29)(H,28,31). The summed E-state index contributed by atoms with van der Waals surface area (Å²) in [6.45, 7) is 5.41. The van der Waals surface area contributed by atoms with E-state index in [2.05, 4.69) is 29.8 Å². The smallest absolute Gasteiger partial charge is 0.246 e. The van der Waals surface area contributed by atoms with E-state index in [1.54, 1.807) is 0 Å². The average molecular weight is 431 g/mol. The van der Waals surface area contributed by atoms with Crippen LogP contribution in [0.1, 0.15) is 49.4 Å². The van der Waals surface area contributed by atoms with Crippen LogP contribution in [-0.2, 0) is 16.0 Å². The van der Waals surface area contributed by atoms with Crippen molar-refractivity contribution in [1.82, 2.24) is 10.6 Å². The number of anilines is 1. The zero-order valence-corrected chi connectivity index (χ0v) is 17.7. The van der Waals surface area contributed by atoms with Gasteiger partial charge in [-0.25, -0.2) is 8.78 Å². The predicted octanol–water partition coefficient (Wildman–Crippen LogP) is 2.78. The highest BCUT2D eigenvalue weighted by Crippen LogP contribution is 2.33. The highest BCUT2D eigenvalue weighted by Gasteiger charge is 2.32. The van der Waals surface area contributed by atoms with E-state index < -0.39 is 29.8 Å². The Morgan fingerprint density at radius 2 is 1.84 bits per heavy atom. The van der Waals surface area contributed by atoms with Crippen LogP contribution in [0, 0.1) is 11.6 Å². The van der Waals surface area contributed by atoms with E-state index in [0.717, 1.165) is 35.0 Å². The zero-order chi connectivity index (χ0) is 22.7. The van der Waals surface area contributed by atoms with Crippen LogP contribution < -0.4 is 16.0 Å². The summed E-state index contributed by atoms with van der Waals surface area (Å²) in [5.41, 5.74) is 2.91. The summed E-state index contributed by atoms with van der Waals surface area (Å²) in [5.74, 6) is -1.78.